The number of rotatable bonds is 4. The molecular formula is C14H25NO3. The number of nitrogens with one attached hydrogen (secondary N) is 1. The van der Waals surface area contributed by atoms with Crippen LogP contribution in [0.25, 0.3) is 0 Å². The summed E-state index contributed by atoms with van der Waals surface area (Å²) in [6.45, 7) is 1.62. The van der Waals surface area contributed by atoms with Crippen LogP contribution < -0.4 is 5.32 Å². The number of hydrogen-bond acceptors (Lipinski definition) is 4. The molecule has 104 valence electrons. The van der Waals surface area contributed by atoms with Crippen LogP contribution in [-0.4, -0.2) is 38.4 Å². The van der Waals surface area contributed by atoms with Crippen molar-refractivity contribution in [2.75, 3.05) is 20.3 Å². The van der Waals surface area contributed by atoms with Gasteiger partial charge in [-0.25, -0.2) is 0 Å². The van der Waals surface area contributed by atoms with Gasteiger partial charge in [0.2, 0.25) is 0 Å². The summed E-state index contributed by atoms with van der Waals surface area (Å²) in [5.74, 6) is -0.0182. The lowest BCUT2D eigenvalue weighted by Gasteiger charge is -2.30. The van der Waals surface area contributed by atoms with Crippen molar-refractivity contribution in [3.05, 3.63) is 0 Å². The average molecular weight is 255 g/mol. The highest BCUT2D eigenvalue weighted by Gasteiger charge is 2.28. The van der Waals surface area contributed by atoms with Crippen LogP contribution in [0.5, 0.6) is 0 Å². The largest absolute Gasteiger partial charge is 0.469 e. The molecule has 1 N–H and O–H groups in total. The SMILES string of the molecule is COC(=O)C1CCNC(COC2CCCCC2)C1. The molecule has 0 bridgehead atoms. The van der Waals surface area contributed by atoms with Crippen LogP contribution in [0, 0.1) is 5.92 Å². The smallest absolute Gasteiger partial charge is 0.308 e. The quantitative estimate of drug-likeness (QED) is 0.779. The number of esters is 1. The highest BCUT2D eigenvalue weighted by atomic mass is 16.5. The Morgan fingerprint density at radius 1 is 1.22 bits per heavy atom. The molecule has 1 saturated carbocycles. The van der Waals surface area contributed by atoms with E-state index in [2.05, 4.69) is 5.32 Å². The van der Waals surface area contributed by atoms with Crippen LogP contribution in [0.1, 0.15) is 44.9 Å². The summed E-state index contributed by atoms with van der Waals surface area (Å²) >= 11 is 0. The Kier molecular flexibility index (Phi) is 5.45. The van der Waals surface area contributed by atoms with E-state index in [0.29, 0.717) is 12.1 Å². The third kappa shape index (κ3) is 3.95. The molecule has 4 nitrogen and oxygen atoms in total. The maximum atomic E-state index is 11.5. The lowest BCUT2D eigenvalue weighted by atomic mass is 9.92. The fourth-order valence-electron chi connectivity index (χ4n) is 3.00. The fourth-order valence-corrected chi connectivity index (χ4v) is 3.00. The van der Waals surface area contributed by atoms with Crippen LogP contribution in [0.2, 0.25) is 0 Å². The van der Waals surface area contributed by atoms with E-state index in [0.717, 1.165) is 26.0 Å². The van der Waals surface area contributed by atoms with E-state index in [1.165, 1.54) is 39.2 Å². The highest BCUT2D eigenvalue weighted by Crippen LogP contribution is 2.22. The third-order valence-corrected chi connectivity index (χ3v) is 4.11. The predicted octanol–water partition coefficient (Wildman–Crippen LogP) is 1.88. The van der Waals surface area contributed by atoms with Crippen molar-refractivity contribution < 1.29 is 14.3 Å². The number of hydrogen-bond donors (Lipinski definition) is 1. The van der Waals surface area contributed by atoms with Crippen molar-refractivity contribution in [3.63, 3.8) is 0 Å². The van der Waals surface area contributed by atoms with E-state index in [4.69, 9.17) is 9.47 Å². The van der Waals surface area contributed by atoms with Gasteiger partial charge in [0.05, 0.1) is 25.7 Å². The lowest BCUT2D eigenvalue weighted by molar-refractivity contribution is -0.147. The van der Waals surface area contributed by atoms with E-state index >= 15 is 0 Å². The zero-order valence-corrected chi connectivity index (χ0v) is 11.3. The standard InChI is InChI=1S/C14H25NO3/c1-17-14(16)11-7-8-15-12(9-11)10-18-13-5-3-2-4-6-13/h11-13,15H,2-10H2,1H3. The molecule has 2 atom stereocenters. The summed E-state index contributed by atoms with van der Waals surface area (Å²) in [6, 6.07) is 0.310. The van der Waals surface area contributed by atoms with Gasteiger partial charge in [0.25, 0.3) is 0 Å². The Hall–Kier alpha value is -0.610. The minimum absolute atomic E-state index is 0.0520. The van der Waals surface area contributed by atoms with Crippen molar-refractivity contribution in [2.45, 2.75) is 57.1 Å². The Labute approximate surface area is 109 Å². The van der Waals surface area contributed by atoms with E-state index in [1.54, 1.807) is 0 Å². The van der Waals surface area contributed by atoms with Gasteiger partial charge in [-0.2, -0.15) is 0 Å². The first-order valence-corrected chi connectivity index (χ1v) is 7.22. The molecule has 1 saturated heterocycles. The van der Waals surface area contributed by atoms with E-state index in [9.17, 15) is 4.79 Å². The molecule has 1 heterocycles. The average Bonchev–Trinajstić information content (AvgIpc) is 2.45. The van der Waals surface area contributed by atoms with Crippen LogP contribution in [0.3, 0.4) is 0 Å². The Balaban J connectivity index is 1.70. The molecule has 0 aromatic rings. The lowest BCUT2D eigenvalue weighted by Crippen LogP contribution is -2.44. The minimum Gasteiger partial charge on any atom is -0.469 e. The van der Waals surface area contributed by atoms with Crippen LogP contribution in [-0.2, 0) is 14.3 Å². The van der Waals surface area contributed by atoms with Crippen molar-refractivity contribution in [1.82, 2.24) is 5.32 Å². The molecule has 18 heavy (non-hydrogen) atoms. The Morgan fingerprint density at radius 2 is 2.00 bits per heavy atom. The molecule has 2 unspecified atom stereocenters. The molecule has 0 amide bonds. The van der Waals surface area contributed by atoms with Crippen molar-refractivity contribution >= 4 is 5.97 Å². The maximum absolute atomic E-state index is 11.5. The van der Waals surface area contributed by atoms with Gasteiger partial charge in [-0.15, -0.1) is 0 Å². The summed E-state index contributed by atoms with van der Waals surface area (Å²) in [5, 5.41) is 3.43. The fraction of sp³-hybridized carbons (Fsp3) is 0.929. The molecule has 0 aromatic heterocycles. The summed E-state index contributed by atoms with van der Waals surface area (Å²) in [6.07, 6.45) is 8.53. The number of piperidine rings is 1. The van der Waals surface area contributed by atoms with Gasteiger partial charge in [-0.3, -0.25) is 4.79 Å². The van der Waals surface area contributed by atoms with Crippen molar-refractivity contribution in [1.29, 1.82) is 0 Å². The predicted molar refractivity (Wildman–Crippen MR) is 69.4 cm³/mol. The second-order valence-corrected chi connectivity index (χ2v) is 5.49. The number of carbonyl (C=O) groups is 1. The van der Waals surface area contributed by atoms with Crippen LogP contribution >= 0.6 is 0 Å². The van der Waals surface area contributed by atoms with Crippen LogP contribution in [0.15, 0.2) is 0 Å². The third-order valence-electron chi connectivity index (χ3n) is 4.11. The number of methoxy groups -OCH3 is 1. The second kappa shape index (κ2) is 7.10. The van der Waals surface area contributed by atoms with Crippen molar-refractivity contribution in [3.8, 4) is 0 Å². The second-order valence-electron chi connectivity index (χ2n) is 5.49. The zero-order valence-electron chi connectivity index (χ0n) is 11.3. The van der Waals surface area contributed by atoms with Gasteiger partial charge in [-0.1, -0.05) is 19.3 Å². The van der Waals surface area contributed by atoms with E-state index in [-0.39, 0.29) is 11.9 Å². The van der Waals surface area contributed by atoms with Gasteiger partial charge < -0.3 is 14.8 Å². The first-order valence-electron chi connectivity index (χ1n) is 7.22. The molecule has 4 heteroatoms. The molecule has 1 aliphatic heterocycles. The first kappa shape index (κ1) is 13.8. The molecule has 2 fully saturated rings. The summed E-state index contributed by atoms with van der Waals surface area (Å²) < 4.78 is 10.8. The molecule has 2 aliphatic rings. The first-order chi connectivity index (χ1) is 8.79. The van der Waals surface area contributed by atoms with Crippen LogP contribution in [0.4, 0.5) is 0 Å². The van der Waals surface area contributed by atoms with Gasteiger partial charge in [0.1, 0.15) is 0 Å². The number of ether oxygens (including phenoxy) is 2. The highest BCUT2D eigenvalue weighted by molar-refractivity contribution is 5.72. The zero-order chi connectivity index (χ0) is 12.8. The number of carbonyl (C=O) groups excluding carboxylic acids is 1. The van der Waals surface area contributed by atoms with Gasteiger partial charge in [-0.05, 0) is 32.2 Å². The normalized spacial score (nSPS) is 30.1. The monoisotopic (exact) mass is 255 g/mol. The van der Waals surface area contributed by atoms with E-state index in [1.807, 2.05) is 0 Å². The molecule has 0 radical (unpaired) electrons. The topological polar surface area (TPSA) is 47.6 Å². The summed E-state index contributed by atoms with van der Waals surface area (Å²) in [7, 11) is 1.47. The van der Waals surface area contributed by atoms with E-state index < -0.39 is 0 Å². The minimum atomic E-state index is -0.0702. The Bertz CT molecular complexity index is 264. The Morgan fingerprint density at radius 3 is 2.72 bits per heavy atom. The molecule has 1 aliphatic carbocycles. The maximum Gasteiger partial charge on any atom is 0.308 e. The molecule has 0 aromatic carbocycles. The van der Waals surface area contributed by atoms with Gasteiger partial charge in [0.15, 0.2) is 0 Å². The molecule has 0 spiro atoms. The van der Waals surface area contributed by atoms with Crippen molar-refractivity contribution in [2.24, 2.45) is 5.92 Å². The molecule has 2 rings (SSSR count). The summed E-state index contributed by atoms with van der Waals surface area (Å²) in [5.41, 5.74) is 0. The van der Waals surface area contributed by atoms with Gasteiger partial charge in [0, 0.05) is 6.04 Å². The molecular weight excluding hydrogens is 230 g/mol. The van der Waals surface area contributed by atoms with Gasteiger partial charge >= 0.3 is 5.97 Å². The summed E-state index contributed by atoms with van der Waals surface area (Å²) in [4.78, 5) is 11.5.